The molecule has 41 heavy (non-hydrogen) atoms. The van der Waals surface area contributed by atoms with Crippen molar-refractivity contribution in [3.63, 3.8) is 0 Å². The summed E-state index contributed by atoms with van der Waals surface area (Å²) in [7, 11) is 1.44. The summed E-state index contributed by atoms with van der Waals surface area (Å²) in [6.45, 7) is 5.37. The number of methoxy groups -OCH3 is 1. The zero-order valence-corrected chi connectivity index (χ0v) is 24.1. The Morgan fingerprint density at radius 2 is 1.73 bits per heavy atom. The molecule has 0 bridgehead atoms. The van der Waals surface area contributed by atoms with Crippen molar-refractivity contribution in [3.8, 4) is 11.5 Å². The molecule has 11 heteroatoms. The Bertz CT molecular complexity index is 1530. The van der Waals surface area contributed by atoms with Crippen molar-refractivity contribution < 1.29 is 33.4 Å². The number of nitrogens with zero attached hydrogens (tertiary/aromatic N) is 1. The van der Waals surface area contributed by atoms with Crippen LogP contribution in [0.25, 0.3) is 0 Å². The molecule has 214 valence electrons. The third-order valence-electron chi connectivity index (χ3n) is 6.56. The number of thiophene rings is 1. The second kappa shape index (κ2) is 13.2. The Kier molecular flexibility index (Phi) is 9.51. The van der Waals surface area contributed by atoms with Gasteiger partial charge in [-0.3, -0.25) is 9.59 Å². The standard InChI is InChI=1S/C30H31N3O7S/c1-5-39-30(37)25-21-12-8-9-13-24(21)41-28(25)31-26(34)27(35)33-32-18(3)19-14-15-22(23(16-19)38-4)40-29(36)20-11-7-6-10-17(20)2/h6-7,10-11,14-16H,5,8-9,12-13H2,1-4H3,(H,31,34)(H,33,35)/b32-18+. The van der Waals surface area contributed by atoms with Gasteiger partial charge in [0.25, 0.3) is 0 Å². The van der Waals surface area contributed by atoms with Crippen LogP contribution in [0.2, 0.25) is 0 Å². The number of nitrogens with one attached hydrogen (secondary N) is 2. The van der Waals surface area contributed by atoms with Gasteiger partial charge in [-0.25, -0.2) is 15.0 Å². The van der Waals surface area contributed by atoms with E-state index in [-0.39, 0.29) is 18.1 Å². The number of amides is 2. The van der Waals surface area contributed by atoms with Gasteiger partial charge in [0.2, 0.25) is 0 Å². The highest BCUT2D eigenvalue weighted by Crippen LogP contribution is 2.38. The number of carbonyl (C=O) groups is 4. The highest BCUT2D eigenvalue weighted by Gasteiger charge is 2.28. The molecule has 0 saturated carbocycles. The van der Waals surface area contributed by atoms with Gasteiger partial charge >= 0.3 is 23.8 Å². The van der Waals surface area contributed by atoms with Crippen molar-refractivity contribution in [1.29, 1.82) is 0 Å². The van der Waals surface area contributed by atoms with Crippen LogP contribution in [0.1, 0.15) is 69.0 Å². The molecule has 2 aromatic carbocycles. The molecule has 1 aliphatic rings. The van der Waals surface area contributed by atoms with E-state index in [4.69, 9.17) is 14.2 Å². The second-order valence-electron chi connectivity index (χ2n) is 9.30. The molecule has 0 radical (unpaired) electrons. The Labute approximate surface area is 241 Å². The van der Waals surface area contributed by atoms with E-state index in [2.05, 4.69) is 15.8 Å². The fourth-order valence-electron chi connectivity index (χ4n) is 4.42. The molecule has 2 amide bonds. The zero-order valence-electron chi connectivity index (χ0n) is 23.3. The summed E-state index contributed by atoms with van der Waals surface area (Å²) in [5, 5.41) is 6.90. The Balaban J connectivity index is 1.44. The molecule has 0 unspecified atom stereocenters. The maximum atomic E-state index is 12.7. The van der Waals surface area contributed by atoms with E-state index >= 15 is 0 Å². The highest BCUT2D eigenvalue weighted by molar-refractivity contribution is 7.17. The monoisotopic (exact) mass is 577 g/mol. The Morgan fingerprint density at radius 1 is 0.976 bits per heavy atom. The van der Waals surface area contributed by atoms with E-state index in [1.54, 1.807) is 44.2 Å². The van der Waals surface area contributed by atoms with Crippen LogP contribution < -0.4 is 20.2 Å². The smallest absolute Gasteiger partial charge is 0.343 e. The van der Waals surface area contributed by atoms with Crippen LogP contribution in [0.15, 0.2) is 47.6 Å². The number of benzene rings is 2. The van der Waals surface area contributed by atoms with Crippen LogP contribution in [0.3, 0.4) is 0 Å². The molecule has 0 aliphatic heterocycles. The summed E-state index contributed by atoms with van der Waals surface area (Å²) >= 11 is 1.29. The predicted molar refractivity (Wildman–Crippen MR) is 155 cm³/mol. The first-order chi connectivity index (χ1) is 19.7. The largest absolute Gasteiger partial charge is 0.493 e. The van der Waals surface area contributed by atoms with Crippen LogP contribution in [-0.4, -0.2) is 43.2 Å². The fraction of sp³-hybridized carbons (Fsp3) is 0.300. The summed E-state index contributed by atoms with van der Waals surface area (Å²) in [6.07, 6.45) is 3.47. The lowest BCUT2D eigenvalue weighted by Gasteiger charge is -2.12. The van der Waals surface area contributed by atoms with Crippen LogP contribution in [-0.2, 0) is 27.2 Å². The molecule has 0 saturated heterocycles. The molecule has 0 fully saturated rings. The SMILES string of the molecule is CCOC(=O)c1c(NC(=O)C(=O)N/N=C(\C)c2ccc(OC(=O)c3ccccc3C)c(OC)c2)sc2c1CCCC2. The van der Waals surface area contributed by atoms with Crippen LogP contribution in [0, 0.1) is 6.92 Å². The quantitative estimate of drug-likeness (QED) is 0.129. The minimum atomic E-state index is -0.999. The van der Waals surface area contributed by atoms with E-state index in [9.17, 15) is 19.2 Å². The fourth-order valence-corrected chi connectivity index (χ4v) is 5.69. The first-order valence-corrected chi connectivity index (χ1v) is 14.0. The lowest BCUT2D eigenvalue weighted by Crippen LogP contribution is -2.33. The molecule has 10 nitrogen and oxygen atoms in total. The molecule has 0 spiro atoms. The lowest BCUT2D eigenvalue weighted by atomic mass is 9.95. The second-order valence-corrected chi connectivity index (χ2v) is 10.4. The minimum absolute atomic E-state index is 0.201. The number of carbonyl (C=O) groups excluding carboxylic acids is 4. The van der Waals surface area contributed by atoms with Gasteiger partial charge in [-0.1, -0.05) is 18.2 Å². The average molecular weight is 578 g/mol. The minimum Gasteiger partial charge on any atom is -0.493 e. The molecule has 3 aromatic rings. The molecule has 1 heterocycles. The van der Waals surface area contributed by atoms with Gasteiger partial charge in [0.15, 0.2) is 11.5 Å². The van der Waals surface area contributed by atoms with Gasteiger partial charge < -0.3 is 19.5 Å². The number of hydrogen-bond acceptors (Lipinski definition) is 9. The van der Waals surface area contributed by atoms with E-state index in [0.29, 0.717) is 27.4 Å². The van der Waals surface area contributed by atoms with Crippen LogP contribution in [0.4, 0.5) is 5.00 Å². The third kappa shape index (κ3) is 6.80. The zero-order chi connectivity index (χ0) is 29.5. The maximum Gasteiger partial charge on any atom is 0.343 e. The van der Waals surface area contributed by atoms with Gasteiger partial charge in [0, 0.05) is 10.4 Å². The third-order valence-corrected chi connectivity index (χ3v) is 7.77. The summed E-state index contributed by atoms with van der Waals surface area (Å²) in [5.41, 5.74) is 5.61. The van der Waals surface area contributed by atoms with Gasteiger partial charge in [0.1, 0.15) is 5.00 Å². The summed E-state index contributed by atoms with van der Waals surface area (Å²) in [5.74, 6) is -2.48. The summed E-state index contributed by atoms with van der Waals surface area (Å²) in [6, 6.07) is 11.9. The van der Waals surface area contributed by atoms with Crippen LogP contribution in [0.5, 0.6) is 11.5 Å². The van der Waals surface area contributed by atoms with Crippen molar-refractivity contribution in [2.24, 2.45) is 5.10 Å². The normalized spacial score (nSPS) is 12.6. The predicted octanol–water partition coefficient (Wildman–Crippen LogP) is 4.82. The number of hydrazone groups is 1. The first-order valence-electron chi connectivity index (χ1n) is 13.2. The molecular weight excluding hydrogens is 546 g/mol. The molecular formula is C30H31N3O7S. The van der Waals surface area contributed by atoms with E-state index < -0.39 is 23.8 Å². The Hall–Kier alpha value is -4.51. The summed E-state index contributed by atoms with van der Waals surface area (Å²) in [4.78, 5) is 51.5. The highest BCUT2D eigenvalue weighted by atomic mass is 32.1. The number of rotatable bonds is 8. The summed E-state index contributed by atoms with van der Waals surface area (Å²) < 4.78 is 16.1. The average Bonchev–Trinajstić information content (AvgIpc) is 3.34. The number of fused-ring (bicyclic) bond motifs is 1. The van der Waals surface area contributed by atoms with Crippen molar-refractivity contribution in [3.05, 3.63) is 75.2 Å². The van der Waals surface area contributed by atoms with E-state index in [1.165, 1.54) is 18.4 Å². The number of esters is 2. The molecule has 2 N–H and O–H groups in total. The van der Waals surface area contributed by atoms with Crippen molar-refractivity contribution in [2.75, 3.05) is 19.0 Å². The van der Waals surface area contributed by atoms with Gasteiger partial charge in [0.05, 0.1) is 30.6 Å². The first kappa shape index (κ1) is 29.5. The topological polar surface area (TPSA) is 132 Å². The van der Waals surface area contributed by atoms with Crippen molar-refractivity contribution in [2.45, 2.75) is 46.5 Å². The van der Waals surface area contributed by atoms with E-state index in [0.717, 1.165) is 41.7 Å². The van der Waals surface area contributed by atoms with Crippen LogP contribution >= 0.6 is 11.3 Å². The molecule has 1 aliphatic carbocycles. The number of anilines is 1. The van der Waals surface area contributed by atoms with E-state index in [1.807, 2.05) is 19.1 Å². The Morgan fingerprint density at radius 3 is 2.46 bits per heavy atom. The maximum absolute atomic E-state index is 12.7. The molecule has 1 aromatic heterocycles. The molecule has 0 atom stereocenters. The lowest BCUT2D eigenvalue weighted by molar-refractivity contribution is -0.136. The van der Waals surface area contributed by atoms with Crippen molar-refractivity contribution in [1.82, 2.24) is 5.43 Å². The van der Waals surface area contributed by atoms with Gasteiger partial charge in [-0.15, -0.1) is 11.3 Å². The number of aryl methyl sites for hydroxylation is 2. The molecule has 4 rings (SSSR count). The van der Waals surface area contributed by atoms with Gasteiger partial charge in [-0.05, 0) is 81.8 Å². The number of ether oxygens (including phenoxy) is 3. The number of hydrogen-bond donors (Lipinski definition) is 2. The van der Waals surface area contributed by atoms with Crippen molar-refractivity contribution >= 4 is 45.8 Å². The van der Waals surface area contributed by atoms with Gasteiger partial charge in [-0.2, -0.15) is 5.10 Å².